The number of hydrogen-bond acceptors (Lipinski definition) is 4. The van der Waals surface area contributed by atoms with Crippen molar-refractivity contribution in [3.63, 3.8) is 0 Å². The third kappa shape index (κ3) is 2.40. The lowest BCUT2D eigenvalue weighted by Crippen LogP contribution is -2.39. The summed E-state index contributed by atoms with van der Waals surface area (Å²) in [4.78, 5) is 8.90. The third-order valence-corrected chi connectivity index (χ3v) is 6.94. The Hall–Kier alpha value is -1.34. The van der Waals surface area contributed by atoms with Crippen molar-refractivity contribution in [2.24, 2.45) is 16.6 Å². The van der Waals surface area contributed by atoms with E-state index in [-0.39, 0.29) is 16.5 Å². The van der Waals surface area contributed by atoms with Crippen LogP contribution in [0.15, 0.2) is 46.4 Å². The van der Waals surface area contributed by atoms with E-state index in [9.17, 15) is 4.39 Å². The number of rotatable bonds is 4. The van der Waals surface area contributed by atoms with E-state index < -0.39 is 5.54 Å². The monoisotopic (exact) mass is 408 g/mol. The molecule has 2 heterocycles. The average Bonchev–Trinajstić information content (AvgIpc) is 3.02. The van der Waals surface area contributed by atoms with Crippen LogP contribution < -0.4 is 5.73 Å². The molecule has 2 N–H and O–H groups in total. The van der Waals surface area contributed by atoms with Crippen molar-refractivity contribution >= 4 is 32.9 Å². The summed E-state index contributed by atoms with van der Waals surface area (Å²) in [5.41, 5.74) is 6.24. The smallest absolute Gasteiger partial charge is 0.155 e. The standard InChI is InChI=1S/C17H18BrFN4S/c1-2-17(12-7-11(18)3-4-13(12)19)14-8-16(14,24-15(20)22-17)9-23-6-5-21-10-23/h3-7,10,14H,2,8-9H2,1H3,(H2,20,22)/t14-,16-,17-/m1/s1. The molecular formula is C17H18BrFN4S. The number of nitrogens with two attached hydrogens (primary N) is 1. The highest BCUT2D eigenvalue weighted by Gasteiger charge is 2.67. The maximum Gasteiger partial charge on any atom is 0.155 e. The molecule has 0 unspecified atom stereocenters. The number of hydrogen-bond donors (Lipinski definition) is 1. The molecule has 2 aromatic rings. The number of thioether (sulfide) groups is 1. The average molecular weight is 409 g/mol. The predicted octanol–water partition coefficient (Wildman–Crippen LogP) is 3.91. The fraction of sp³-hybridized carbons (Fsp3) is 0.412. The van der Waals surface area contributed by atoms with Crippen molar-refractivity contribution in [1.29, 1.82) is 0 Å². The maximum atomic E-state index is 14.7. The second kappa shape index (κ2) is 5.59. The predicted molar refractivity (Wildman–Crippen MR) is 98.3 cm³/mol. The van der Waals surface area contributed by atoms with Crippen LogP contribution in [0.1, 0.15) is 25.3 Å². The highest BCUT2D eigenvalue weighted by atomic mass is 79.9. The Balaban J connectivity index is 1.78. The Labute approximate surface area is 152 Å². The lowest BCUT2D eigenvalue weighted by atomic mass is 9.81. The maximum absolute atomic E-state index is 14.7. The molecule has 1 aromatic heterocycles. The second-order valence-corrected chi connectivity index (χ2v) is 8.86. The Kier molecular flexibility index (Phi) is 3.76. The molecule has 0 radical (unpaired) electrons. The van der Waals surface area contributed by atoms with Gasteiger partial charge in [-0.3, -0.25) is 4.99 Å². The quantitative estimate of drug-likeness (QED) is 0.833. The van der Waals surface area contributed by atoms with Crippen molar-refractivity contribution in [2.45, 2.75) is 36.6 Å². The van der Waals surface area contributed by atoms with Crippen molar-refractivity contribution in [2.75, 3.05) is 0 Å². The van der Waals surface area contributed by atoms with E-state index in [1.165, 1.54) is 6.07 Å². The fourth-order valence-electron chi connectivity index (χ4n) is 4.00. The van der Waals surface area contributed by atoms with Crippen LogP contribution in [0, 0.1) is 11.7 Å². The Morgan fingerprint density at radius 3 is 3.04 bits per heavy atom. The van der Waals surface area contributed by atoms with Crippen molar-refractivity contribution in [3.05, 3.63) is 52.8 Å². The van der Waals surface area contributed by atoms with Crippen LogP contribution in [0.25, 0.3) is 0 Å². The minimum absolute atomic E-state index is 0.0305. The second-order valence-electron chi connectivity index (χ2n) is 6.51. The normalized spacial score (nSPS) is 31.5. The van der Waals surface area contributed by atoms with Gasteiger partial charge in [0.15, 0.2) is 5.17 Å². The molecule has 1 fully saturated rings. The third-order valence-electron chi connectivity index (χ3n) is 5.16. The summed E-state index contributed by atoms with van der Waals surface area (Å²) in [5, 5.41) is 0.546. The highest BCUT2D eigenvalue weighted by molar-refractivity contribution is 9.10. The van der Waals surface area contributed by atoms with Gasteiger partial charge in [0.2, 0.25) is 0 Å². The summed E-state index contributed by atoms with van der Waals surface area (Å²) >= 11 is 5.09. The zero-order valence-electron chi connectivity index (χ0n) is 13.2. The van der Waals surface area contributed by atoms with Crippen molar-refractivity contribution < 1.29 is 4.39 Å². The first kappa shape index (κ1) is 16.1. The van der Waals surface area contributed by atoms with Crippen LogP contribution in [-0.2, 0) is 12.1 Å². The van der Waals surface area contributed by atoms with E-state index in [1.54, 1.807) is 24.0 Å². The van der Waals surface area contributed by atoms with Gasteiger partial charge in [0, 0.05) is 39.6 Å². The molecule has 2 aliphatic rings. The first-order chi connectivity index (χ1) is 11.5. The fourth-order valence-corrected chi connectivity index (χ4v) is 5.79. The highest BCUT2D eigenvalue weighted by Crippen LogP contribution is 2.67. The van der Waals surface area contributed by atoms with E-state index in [2.05, 4.69) is 32.4 Å². The Morgan fingerprint density at radius 2 is 2.33 bits per heavy atom. The van der Waals surface area contributed by atoms with Gasteiger partial charge in [-0.1, -0.05) is 34.6 Å². The van der Waals surface area contributed by atoms with E-state index in [4.69, 9.17) is 10.7 Å². The van der Waals surface area contributed by atoms with Crippen LogP contribution in [0.3, 0.4) is 0 Å². The first-order valence-corrected chi connectivity index (χ1v) is 9.56. The number of benzene rings is 1. The van der Waals surface area contributed by atoms with Gasteiger partial charge >= 0.3 is 0 Å². The van der Waals surface area contributed by atoms with Crippen LogP contribution in [0.4, 0.5) is 4.39 Å². The molecule has 24 heavy (non-hydrogen) atoms. The number of nitrogens with zero attached hydrogens (tertiary/aromatic N) is 3. The summed E-state index contributed by atoms with van der Waals surface area (Å²) in [6.07, 6.45) is 7.25. The van der Waals surface area contributed by atoms with E-state index in [0.29, 0.717) is 10.7 Å². The molecule has 1 aliphatic heterocycles. The van der Waals surface area contributed by atoms with Gasteiger partial charge in [-0.05, 0) is 31.0 Å². The van der Waals surface area contributed by atoms with Crippen LogP contribution in [0.2, 0.25) is 0 Å². The molecule has 1 aromatic carbocycles. The summed E-state index contributed by atoms with van der Waals surface area (Å²) in [6, 6.07) is 5.08. The molecule has 0 amide bonds. The summed E-state index contributed by atoms with van der Waals surface area (Å²) < 4.78 is 17.6. The van der Waals surface area contributed by atoms with Crippen molar-refractivity contribution in [1.82, 2.24) is 9.55 Å². The summed E-state index contributed by atoms with van der Waals surface area (Å²) in [6.45, 7) is 2.88. The van der Waals surface area contributed by atoms with Gasteiger partial charge < -0.3 is 10.3 Å². The summed E-state index contributed by atoms with van der Waals surface area (Å²) in [7, 11) is 0. The Morgan fingerprint density at radius 1 is 1.50 bits per heavy atom. The van der Waals surface area contributed by atoms with Gasteiger partial charge in [0.05, 0.1) is 11.9 Å². The van der Waals surface area contributed by atoms with Gasteiger partial charge in [-0.15, -0.1) is 0 Å². The number of aromatic nitrogens is 2. The molecule has 126 valence electrons. The molecular weight excluding hydrogens is 391 g/mol. The minimum atomic E-state index is -0.593. The van der Waals surface area contributed by atoms with E-state index in [1.807, 2.05) is 18.6 Å². The van der Waals surface area contributed by atoms with E-state index in [0.717, 1.165) is 23.9 Å². The molecule has 7 heteroatoms. The number of imidazole rings is 1. The molecule has 0 spiro atoms. The topological polar surface area (TPSA) is 56.2 Å². The number of fused-ring (bicyclic) bond motifs is 1. The SMILES string of the molecule is CC[C@]1(c2cc(Br)ccc2F)N=C(N)S[C@@]2(Cn3ccnc3)C[C@H]21. The molecule has 4 rings (SSSR count). The van der Waals surface area contributed by atoms with Gasteiger partial charge in [0.25, 0.3) is 0 Å². The number of halogens is 2. The minimum Gasteiger partial charge on any atom is -0.378 e. The molecule has 3 atom stereocenters. The van der Waals surface area contributed by atoms with Crippen LogP contribution in [-0.4, -0.2) is 19.5 Å². The molecule has 1 saturated carbocycles. The van der Waals surface area contributed by atoms with Crippen LogP contribution in [0.5, 0.6) is 0 Å². The Bertz CT molecular complexity index is 809. The van der Waals surface area contributed by atoms with Crippen molar-refractivity contribution in [3.8, 4) is 0 Å². The lowest BCUT2D eigenvalue weighted by Gasteiger charge is -2.36. The zero-order chi connectivity index (χ0) is 16.9. The van der Waals surface area contributed by atoms with E-state index >= 15 is 0 Å². The molecule has 4 nitrogen and oxygen atoms in total. The zero-order valence-corrected chi connectivity index (χ0v) is 15.6. The molecule has 1 aliphatic carbocycles. The molecule has 0 bridgehead atoms. The van der Waals surface area contributed by atoms with Gasteiger partial charge in [0.1, 0.15) is 5.82 Å². The number of amidine groups is 1. The molecule has 0 saturated heterocycles. The number of aliphatic imine (C=N–C) groups is 1. The lowest BCUT2D eigenvalue weighted by molar-refractivity contribution is 0.336. The van der Waals surface area contributed by atoms with Crippen LogP contribution >= 0.6 is 27.7 Å². The largest absolute Gasteiger partial charge is 0.378 e. The van der Waals surface area contributed by atoms with Gasteiger partial charge in [-0.2, -0.15) is 0 Å². The summed E-state index contributed by atoms with van der Waals surface area (Å²) in [5.74, 6) is 0.0467. The van der Waals surface area contributed by atoms with Gasteiger partial charge in [-0.25, -0.2) is 9.37 Å². The first-order valence-electron chi connectivity index (χ1n) is 7.95.